The molecule has 0 aliphatic carbocycles. The topological polar surface area (TPSA) is 18.5 Å². The minimum Gasteiger partial charge on any atom is -0.497 e. The van der Waals surface area contributed by atoms with Crippen LogP contribution in [0.3, 0.4) is 0 Å². The van der Waals surface area contributed by atoms with Crippen LogP contribution in [-0.2, 0) is 4.43 Å². The molecule has 0 fully saturated rings. The van der Waals surface area contributed by atoms with Crippen molar-refractivity contribution in [2.24, 2.45) is 0 Å². The van der Waals surface area contributed by atoms with Crippen molar-refractivity contribution in [2.75, 3.05) is 7.11 Å². The molecule has 1 atom stereocenters. The average Bonchev–Trinajstić information content (AvgIpc) is 2.44. The van der Waals surface area contributed by atoms with E-state index in [1.54, 1.807) is 7.11 Å². The van der Waals surface area contributed by atoms with E-state index in [9.17, 15) is 0 Å². The van der Waals surface area contributed by atoms with Crippen molar-refractivity contribution < 1.29 is 9.16 Å². The lowest BCUT2D eigenvalue weighted by Crippen LogP contribution is -2.36. The van der Waals surface area contributed by atoms with Gasteiger partial charge in [0.2, 0.25) is 0 Å². The van der Waals surface area contributed by atoms with E-state index in [4.69, 9.17) is 9.16 Å². The maximum atomic E-state index is 6.45. The zero-order chi connectivity index (χ0) is 13.6. The van der Waals surface area contributed by atoms with E-state index >= 15 is 0 Å². The fourth-order valence-electron chi connectivity index (χ4n) is 2.34. The molecule has 0 amide bonds. The van der Waals surface area contributed by atoms with Crippen LogP contribution in [0.4, 0.5) is 0 Å². The van der Waals surface area contributed by atoms with Gasteiger partial charge in [-0.25, -0.2) is 0 Å². The first-order chi connectivity index (χ1) is 8.60. The molecule has 3 heteroatoms. The van der Waals surface area contributed by atoms with Crippen LogP contribution in [-0.4, -0.2) is 15.4 Å². The highest BCUT2D eigenvalue weighted by atomic mass is 28.4. The number of benzene rings is 1. The third-order valence-corrected chi connectivity index (χ3v) is 8.64. The van der Waals surface area contributed by atoms with Crippen molar-refractivity contribution in [3.63, 3.8) is 0 Å². The molecule has 0 aliphatic heterocycles. The second-order valence-electron chi connectivity index (χ2n) is 4.78. The molecule has 1 aromatic rings. The molecule has 2 nitrogen and oxygen atoms in total. The van der Waals surface area contributed by atoms with Crippen LogP contribution < -0.4 is 4.74 Å². The van der Waals surface area contributed by atoms with Gasteiger partial charge in [-0.1, -0.05) is 32.9 Å². The van der Waals surface area contributed by atoms with E-state index in [0.29, 0.717) is 0 Å². The first kappa shape index (κ1) is 15.3. The van der Waals surface area contributed by atoms with Gasteiger partial charge in [0.05, 0.1) is 13.2 Å². The minimum atomic E-state index is -1.53. The molecule has 0 heterocycles. The lowest BCUT2D eigenvalue weighted by molar-refractivity contribution is 0.209. The maximum absolute atomic E-state index is 6.45. The molecule has 18 heavy (non-hydrogen) atoms. The van der Waals surface area contributed by atoms with Gasteiger partial charge in [-0.2, -0.15) is 0 Å². The number of ether oxygens (including phenoxy) is 1. The molecule has 0 N–H and O–H groups in total. The molecule has 0 radical (unpaired) electrons. The predicted molar refractivity (Wildman–Crippen MR) is 79.7 cm³/mol. The SMILES string of the molecule is CC[Si](CC)(CC)OC(C)c1cccc(OC)c1. The largest absolute Gasteiger partial charge is 0.497 e. The average molecular weight is 266 g/mol. The van der Waals surface area contributed by atoms with Gasteiger partial charge in [0.15, 0.2) is 8.32 Å². The fraction of sp³-hybridized carbons (Fsp3) is 0.600. The normalized spacial score (nSPS) is 13.4. The molecule has 1 aromatic carbocycles. The van der Waals surface area contributed by atoms with Gasteiger partial charge in [-0.05, 0) is 42.8 Å². The number of hydrogen-bond acceptors (Lipinski definition) is 2. The third kappa shape index (κ3) is 3.59. The highest BCUT2D eigenvalue weighted by Crippen LogP contribution is 2.30. The van der Waals surface area contributed by atoms with Gasteiger partial charge in [-0.3, -0.25) is 0 Å². The van der Waals surface area contributed by atoms with Gasteiger partial charge < -0.3 is 9.16 Å². The highest BCUT2D eigenvalue weighted by Gasteiger charge is 2.31. The summed E-state index contributed by atoms with van der Waals surface area (Å²) in [6.07, 6.45) is 0.159. The Labute approximate surface area is 112 Å². The molecular weight excluding hydrogens is 240 g/mol. The minimum absolute atomic E-state index is 0.159. The van der Waals surface area contributed by atoms with Crippen molar-refractivity contribution in [1.29, 1.82) is 0 Å². The lowest BCUT2D eigenvalue weighted by Gasteiger charge is -2.32. The Morgan fingerprint density at radius 2 is 1.72 bits per heavy atom. The van der Waals surface area contributed by atoms with Gasteiger partial charge in [-0.15, -0.1) is 0 Å². The Balaban J connectivity index is 2.83. The van der Waals surface area contributed by atoms with E-state index in [2.05, 4.69) is 39.8 Å². The van der Waals surface area contributed by atoms with E-state index < -0.39 is 8.32 Å². The monoisotopic (exact) mass is 266 g/mol. The van der Waals surface area contributed by atoms with Crippen LogP contribution in [0.15, 0.2) is 24.3 Å². The van der Waals surface area contributed by atoms with Gasteiger partial charge in [0.25, 0.3) is 0 Å². The third-order valence-electron chi connectivity index (χ3n) is 3.92. The predicted octanol–water partition coefficient (Wildman–Crippen LogP) is 4.78. The Morgan fingerprint density at radius 1 is 1.11 bits per heavy atom. The van der Waals surface area contributed by atoms with E-state index in [0.717, 1.165) is 5.75 Å². The molecule has 0 aromatic heterocycles. The van der Waals surface area contributed by atoms with Crippen LogP contribution in [0, 0.1) is 0 Å². The second kappa shape index (κ2) is 6.95. The lowest BCUT2D eigenvalue weighted by atomic mass is 10.1. The molecule has 1 unspecified atom stereocenters. The summed E-state index contributed by atoms with van der Waals surface area (Å²) in [6, 6.07) is 11.8. The van der Waals surface area contributed by atoms with Crippen LogP contribution >= 0.6 is 0 Å². The molecular formula is C15H26O2Si. The van der Waals surface area contributed by atoms with Crippen LogP contribution in [0.25, 0.3) is 0 Å². The summed E-state index contributed by atoms with van der Waals surface area (Å²) in [4.78, 5) is 0. The Bertz CT molecular complexity index is 353. The summed E-state index contributed by atoms with van der Waals surface area (Å²) in [6.45, 7) is 8.93. The molecule has 102 valence electrons. The summed E-state index contributed by atoms with van der Waals surface area (Å²) >= 11 is 0. The van der Waals surface area contributed by atoms with E-state index in [1.807, 2.05) is 12.1 Å². The molecule has 0 saturated heterocycles. The summed E-state index contributed by atoms with van der Waals surface area (Å²) in [5, 5.41) is 0. The second-order valence-corrected chi connectivity index (χ2v) is 9.50. The first-order valence-electron chi connectivity index (χ1n) is 6.92. The highest BCUT2D eigenvalue weighted by molar-refractivity contribution is 6.73. The molecule has 0 saturated carbocycles. The zero-order valence-corrected chi connectivity index (χ0v) is 13.3. The van der Waals surface area contributed by atoms with E-state index in [-0.39, 0.29) is 6.10 Å². The summed E-state index contributed by atoms with van der Waals surface area (Å²) in [5.74, 6) is 0.903. The van der Waals surface area contributed by atoms with Crippen LogP contribution in [0.5, 0.6) is 5.75 Å². The molecule has 0 bridgehead atoms. The van der Waals surface area contributed by atoms with Gasteiger partial charge in [0, 0.05) is 0 Å². The summed E-state index contributed by atoms with van der Waals surface area (Å²) < 4.78 is 11.7. The van der Waals surface area contributed by atoms with Crippen molar-refractivity contribution in [3.8, 4) is 5.75 Å². The number of hydrogen-bond donors (Lipinski definition) is 0. The maximum Gasteiger partial charge on any atom is 0.192 e. The quantitative estimate of drug-likeness (QED) is 0.661. The Hall–Kier alpha value is -0.803. The smallest absolute Gasteiger partial charge is 0.192 e. The summed E-state index contributed by atoms with van der Waals surface area (Å²) in [5.41, 5.74) is 1.21. The van der Waals surface area contributed by atoms with Gasteiger partial charge >= 0.3 is 0 Å². The summed E-state index contributed by atoms with van der Waals surface area (Å²) in [7, 11) is 0.171. The number of rotatable bonds is 7. The van der Waals surface area contributed by atoms with Crippen molar-refractivity contribution in [3.05, 3.63) is 29.8 Å². The molecule has 1 rings (SSSR count). The van der Waals surface area contributed by atoms with E-state index in [1.165, 1.54) is 23.7 Å². The molecule has 0 aliphatic rings. The van der Waals surface area contributed by atoms with Gasteiger partial charge in [0.1, 0.15) is 5.75 Å². The van der Waals surface area contributed by atoms with Crippen molar-refractivity contribution >= 4 is 8.32 Å². The molecule has 0 spiro atoms. The first-order valence-corrected chi connectivity index (χ1v) is 9.45. The van der Waals surface area contributed by atoms with Crippen molar-refractivity contribution in [2.45, 2.75) is 51.9 Å². The Morgan fingerprint density at radius 3 is 2.22 bits per heavy atom. The standard InChI is InChI=1S/C15H26O2Si/c1-6-18(7-2,8-3)17-13(4)14-10-9-11-15(12-14)16-5/h9-13H,6-8H2,1-5H3. The van der Waals surface area contributed by atoms with Crippen LogP contribution in [0.1, 0.15) is 39.4 Å². The fourth-order valence-corrected chi connectivity index (χ4v) is 5.22. The zero-order valence-electron chi connectivity index (χ0n) is 12.3. The van der Waals surface area contributed by atoms with Crippen LogP contribution in [0.2, 0.25) is 18.1 Å². The number of methoxy groups -OCH3 is 1. The Kier molecular flexibility index (Phi) is 5.89. The van der Waals surface area contributed by atoms with Crippen molar-refractivity contribution in [1.82, 2.24) is 0 Å².